The molecule has 0 aliphatic heterocycles. The molecule has 6 rings (SSSR count). The van der Waals surface area contributed by atoms with Gasteiger partial charge in [-0.3, -0.25) is 19.4 Å². The minimum absolute atomic E-state index is 0.0463. The molecule has 13 nitrogen and oxygen atoms in total. The van der Waals surface area contributed by atoms with E-state index in [9.17, 15) is 19.5 Å². The first-order valence-corrected chi connectivity index (χ1v) is 22.4. The standard InChI is InChI=1S/C51H61N5O8/c1-3-56(4-2)42-19-22-47(45(36-42)48-35-41(23-24-52-48)51(60)54-46-16-8-13-38-12-5-6-15-44(38)46)55-50(59)40-14-7-10-37(34-40)11-9-26-61-28-30-63-32-33-64-31-29-62-27-25-53-49(58)39-17-20-43(57)21-18-39/h5-7,10,12,14-15,17-24,34-36,46,57H,3-4,8-9,11,13,16,25-33H2,1-2H3,(H,53,58)(H,54,60)(H,55,59). The van der Waals surface area contributed by atoms with Crippen LogP contribution in [-0.4, -0.2) is 100 Å². The number of ether oxygens (including phenoxy) is 4. The number of phenols is 1. The Kier molecular flexibility index (Phi) is 18.7. The number of carbonyl (C=O) groups excluding carboxylic acids is 3. The molecular weight excluding hydrogens is 811 g/mol. The molecular formula is C51H61N5O8. The highest BCUT2D eigenvalue weighted by Crippen LogP contribution is 2.33. The Balaban J connectivity index is 0.912. The summed E-state index contributed by atoms with van der Waals surface area (Å²) in [4.78, 5) is 46.4. The van der Waals surface area contributed by atoms with Crippen LogP contribution in [-0.2, 0) is 31.8 Å². The van der Waals surface area contributed by atoms with Crippen molar-refractivity contribution < 1.29 is 38.4 Å². The van der Waals surface area contributed by atoms with E-state index in [1.165, 1.54) is 23.3 Å². The number of pyridine rings is 1. The van der Waals surface area contributed by atoms with Crippen LogP contribution in [0.3, 0.4) is 0 Å². The van der Waals surface area contributed by atoms with Crippen LogP contribution in [0.1, 0.15) is 86.9 Å². The second-order valence-electron chi connectivity index (χ2n) is 15.5. The van der Waals surface area contributed by atoms with Gasteiger partial charge >= 0.3 is 0 Å². The summed E-state index contributed by atoms with van der Waals surface area (Å²) in [6.07, 6.45) is 6.12. The van der Waals surface area contributed by atoms with E-state index in [2.05, 4.69) is 46.8 Å². The molecule has 1 heterocycles. The number of hydrogen-bond donors (Lipinski definition) is 4. The van der Waals surface area contributed by atoms with Crippen LogP contribution in [0, 0.1) is 0 Å². The minimum Gasteiger partial charge on any atom is -0.508 e. The summed E-state index contributed by atoms with van der Waals surface area (Å²) in [5.41, 5.74) is 7.96. The van der Waals surface area contributed by atoms with E-state index in [-0.39, 0.29) is 29.5 Å². The Labute approximate surface area is 376 Å². The monoisotopic (exact) mass is 871 g/mol. The van der Waals surface area contributed by atoms with Gasteiger partial charge in [0.05, 0.1) is 63.7 Å². The maximum Gasteiger partial charge on any atom is 0.255 e. The summed E-state index contributed by atoms with van der Waals surface area (Å²) in [6.45, 7) is 9.77. The molecule has 4 aromatic carbocycles. The molecule has 1 aliphatic rings. The number of nitrogens with one attached hydrogen (secondary N) is 3. The van der Waals surface area contributed by atoms with Gasteiger partial charge in [0.25, 0.3) is 17.7 Å². The van der Waals surface area contributed by atoms with Crippen LogP contribution >= 0.6 is 0 Å². The molecule has 1 atom stereocenters. The summed E-state index contributed by atoms with van der Waals surface area (Å²) < 4.78 is 22.4. The van der Waals surface area contributed by atoms with Crippen LogP contribution in [0.25, 0.3) is 11.3 Å². The molecule has 5 aromatic rings. The smallest absolute Gasteiger partial charge is 0.255 e. The molecule has 64 heavy (non-hydrogen) atoms. The van der Waals surface area contributed by atoms with Crippen molar-refractivity contribution in [3.8, 4) is 17.0 Å². The molecule has 3 amide bonds. The lowest BCUT2D eigenvalue weighted by Gasteiger charge is -2.26. The number of aromatic nitrogens is 1. The fraction of sp³-hybridized carbons (Fsp3) is 0.373. The molecule has 4 N–H and O–H groups in total. The number of nitrogens with zero attached hydrogens (tertiary/aromatic N) is 2. The van der Waals surface area contributed by atoms with Gasteiger partial charge in [-0.1, -0.05) is 36.4 Å². The predicted octanol–water partition coefficient (Wildman–Crippen LogP) is 7.79. The quantitative estimate of drug-likeness (QED) is 0.0427. The third-order valence-corrected chi connectivity index (χ3v) is 11.1. The largest absolute Gasteiger partial charge is 0.508 e. The zero-order valence-corrected chi connectivity index (χ0v) is 37.0. The summed E-state index contributed by atoms with van der Waals surface area (Å²) in [7, 11) is 0. The third-order valence-electron chi connectivity index (χ3n) is 11.1. The third kappa shape index (κ3) is 14.2. The highest BCUT2D eigenvalue weighted by Gasteiger charge is 2.23. The summed E-state index contributed by atoms with van der Waals surface area (Å²) >= 11 is 0. The van der Waals surface area contributed by atoms with Crippen LogP contribution in [0.2, 0.25) is 0 Å². The van der Waals surface area contributed by atoms with E-state index in [1.807, 2.05) is 54.6 Å². The Hall–Kier alpha value is -6.12. The molecule has 338 valence electrons. The number of benzene rings is 4. The maximum atomic E-state index is 13.8. The van der Waals surface area contributed by atoms with Gasteiger partial charge in [-0.05, 0) is 129 Å². The predicted molar refractivity (Wildman–Crippen MR) is 249 cm³/mol. The lowest BCUT2D eigenvalue weighted by atomic mass is 9.87. The first kappa shape index (κ1) is 47.4. The van der Waals surface area contributed by atoms with E-state index in [1.54, 1.807) is 30.5 Å². The fourth-order valence-corrected chi connectivity index (χ4v) is 7.66. The highest BCUT2D eigenvalue weighted by atomic mass is 16.6. The normalized spacial score (nSPS) is 13.2. The molecule has 0 radical (unpaired) electrons. The van der Waals surface area contributed by atoms with Crippen molar-refractivity contribution in [1.82, 2.24) is 15.6 Å². The van der Waals surface area contributed by atoms with Crippen LogP contribution < -0.4 is 20.9 Å². The van der Waals surface area contributed by atoms with Gasteiger partial charge in [-0.25, -0.2) is 0 Å². The minimum atomic E-state index is -0.235. The number of anilines is 2. The van der Waals surface area contributed by atoms with Crippen LogP contribution in [0.15, 0.2) is 109 Å². The zero-order valence-electron chi connectivity index (χ0n) is 37.0. The van der Waals surface area contributed by atoms with Gasteiger partial charge in [0.2, 0.25) is 0 Å². The number of hydrogen-bond acceptors (Lipinski definition) is 10. The Morgan fingerprint density at radius 3 is 2.16 bits per heavy atom. The first-order valence-electron chi connectivity index (χ1n) is 22.4. The van der Waals surface area contributed by atoms with Gasteiger partial charge in [0.1, 0.15) is 5.75 Å². The fourth-order valence-electron chi connectivity index (χ4n) is 7.66. The first-order chi connectivity index (χ1) is 31.3. The summed E-state index contributed by atoms with van der Waals surface area (Å²) in [5.74, 6) is -0.498. The molecule has 0 spiro atoms. The summed E-state index contributed by atoms with van der Waals surface area (Å²) in [5, 5.41) is 18.5. The van der Waals surface area contributed by atoms with Gasteiger partial charge in [0.15, 0.2) is 0 Å². The molecule has 0 bridgehead atoms. The molecule has 1 unspecified atom stereocenters. The van der Waals surface area contributed by atoms with E-state index in [4.69, 9.17) is 23.9 Å². The number of rotatable bonds is 25. The number of fused-ring (bicyclic) bond motifs is 1. The lowest BCUT2D eigenvalue weighted by molar-refractivity contribution is -0.00158. The van der Waals surface area contributed by atoms with Crippen molar-refractivity contribution in [2.45, 2.75) is 52.0 Å². The van der Waals surface area contributed by atoms with Gasteiger partial charge in [-0.15, -0.1) is 0 Å². The van der Waals surface area contributed by atoms with E-state index >= 15 is 0 Å². The molecule has 0 fully saturated rings. The van der Waals surface area contributed by atoms with Crippen molar-refractivity contribution >= 4 is 29.1 Å². The van der Waals surface area contributed by atoms with Crippen LogP contribution in [0.5, 0.6) is 5.75 Å². The van der Waals surface area contributed by atoms with Gasteiger partial charge in [0, 0.05) is 60.4 Å². The second-order valence-corrected chi connectivity index (χ2v) is 15.5. The molecule has 1 aromatic heterocycles. The number of amides is 3. The van der Waals surface area contributed by atoms with Crippen molar-refractivity contribution in [3.63, 3.8) is 0 Å². The molecule has 13 heteroatoms. The van der Waals surface area contributed by atoms with E-state index in [0.29, 0.717) is 87.5 Å². The highest BCUT2D eigenvalue weighted by molar-refractivity contribution is 6.06. The van der Waals surface area contributed by atoms with Crippen molar-refractivity contribution in [2.24, 2.45) is 0 Å². The average molecular weight is 872 g/mol. The maximum absolute atomic E-state index is 13.8. The van der Waals surface area contributed by atoms with Crippen molar-refractivity contribution in [3.05, 3.63) is 143 Å². The molecule has 1 aliphatic carbocycles. The Bertz CT molecular complexity index is 2260. The van der Waals surface area contributed by atoms with Crippen molar-refractivity contribution in [1.29, 1.82) is 0 Å². The lowest BCUT2D eigenvalue weighted by Crippen LogP contribution is -2.31. The topological polar surface area (TPSA) is 161 Å². The number of carbonyl (C=O) groups is 3. The SMILES string of the molecule is CCN(CC)c1ccc(NC(=O)c2cccc(CCCOCCOCCOCCOCCNC(=O)c3ccc(O)cc3)c2)c(-c2cc(C(=O)NC3CCCc4ccccc43)ccn2)c1. The zero-order chi connectivity index (χ0) is 44.9. The molecule has 0 saturated heterocycles. The van der Waals surface area contributed by atoms with Crippen LogP contribution in [0.4, 0.5) is 11.4 Å². The van der Waals surface area contributed by atoms with E-state index < -0.39 is 0 Å². The number of aryl methyl sites for hydroxylation is 2. The van der Waals surface area contributed by atoms with Gasteiger partial charge < -0.3 is 44.9 Å². The van der Waals surface area contributed by atoms with Crippen molar-refractivity contribution in [2.75, 3.05) is 82.7 Å². The number of phenolic OH excluding ortho intramolecular Hbond substituents is 1. The number of aromatic hydroxyl groups is 1. The Morgan fingerprint density at radius 1 is 0.703 bits per heavy atom. The summed E-state index contributed by atoms with van der Waals surface area (Å²) in [6, 6.07) is 31.5. The molecule has 0 saturated carbocycles. The Morgan fingerprint density at radius 2 is 1.41 bits per heavy atom. The van der Waals surface area contributed by atoms with E-state index in [0.717, 1.165) is 62.0 Å². The average Bonchev–Trinajstić information content (AvgIpc) is 3.32. The second kappa shape index (κ2) is 25.2. The van der Waals surface area contributed by atoms with Gasteiger partial charge in [-0.2, -0.15) is 0 Å².